The Hall–Kier alpha value is -2.35. The molecule has 0 fully saturated rings. The number of aliphatic hydroxyl groups is 2. The predicted molar refractivity (Wildman–Crippen MR) is 102 cm³/mol. The van der Waals surface area contributed by atoms with Crippen molar-refractivity contribution in [2.24, 2.45) is 0 Å². The number of carbonyl (C=O) groups excluding carboxylic acids is 1. The van der Waals surface area contributed by atoms with Gasteiger partial charge in [0.2, 0.25) is 5.91 Å². The third kappa shape index (κ3) is 5.32. The predicted octanol–water partition coefficient (Wildman–Crippen LogP) is 1.72. The number of ether oxygens (including phenoxy) is 1. The van der Waals surface area contributed by atoms with Crippen LogP contribution in [0.15, 0.2) is 33.5 Å². The highest BCUT2D eigenvalue weighted by molar-refractivity contribution is 6.32. The summed E-state index contributed by atoms with van der Waals surface area (Å²) >= 11 is 6.25. The summed E-state index contributed by atoms with van der Waals surface area (Å²) in [6, 6.07) is 3.16. The van der Waals surface area contributed by atoms with Crippen LogP contribution >= 0.6 is 11.6 Å². The van der Waals surface area contributed by atoms with E-state index >= 15 is 0 Å². The van der Waals surface area contributed by atoms with Gasteiger partial charge in [-0.25, -0.2) is 4.79 Å². The first-order valence-corrected chi connectivity index (χ1v) is 8.69. The Morgan fingerprint density at radius 3 is 2.78 bits per heavy atom. The maximum atomic E-state index is 12.3. The van der Waals surface area contributed by atoms with E-state index in [4.69, 9.17) is 25.9 Å². The summed E-state index contributed by atoms with van der Waals surface area (Å²) < 4.78 is 10.9. The third-order valence-electron chi connectivity index (χ3n) is 3.90. The molecule has 0 unspecified atom stereocenters. The van der Waals surface area contributed by atoms with Crippen molar-refractivity contribution in [1.82, 2.24) is 5.32 Å². The lowest BCUT2D eigenvalue weighted by atomic mass is 10.0. The summed E-state index contributed by atoms with van der Waals surface area (Å²) in [6.07, 6.45) is -1.27. The fraction of sp³-hybridized carbons (Fsp3) is 0.368. The summed E-state index contributed by atoms with van der Waals surface area (Å²) in [5.41, 5.74) is 1.26. The van der Waals surface area contributed by atoms with Crippen molar-refractivity contribution >= 4 is 28.5 Å². The molecule has 0 radical (unpaired) electrons. The summed E-state index contributed by atoms with van der Waals surface area (Å²) in [4.78, 5) is 24.3. The second-order valence-corrected chi connectivity index (χ2v) is 6.74. The Bertz CT molecular complexity index is 921. The number of nitrogens with one attached hydrogen (secondary N) is 1. The molecule has 0 aliphatic carbocycles. The number of halogens is 1. The number of aliphatic hydroxyl groups excluding tert-OH is 2. The fourth-order valence-electron chi connectivity index (χ4n) is 2.42. The molecule has 2 aromatic rings. The van der Waals surface area contributed by atoms with Crippen molar-refractivity contribution in [2.75, 3.05) is 19.8 Å². The average Bonchev–Trinajstić information content (AvgIpc) is 2.62. The molecule has 1 heterocycles. The van der Waals surface area contributed by atoms with Crippen LogP contribution in [0.2, 0.25) is 5.02 Å². The molecule has 2 rings (SSSR count). The molecule has 0 bridgehead atoms. The first kappa shape index (κ1) is 21.0. The van der Waals surface area contributed by atoms with Crippen molar-refractivity contribution in [2.45, 2.75) is 26.4 Å². The van der Waals surface area contributed by atoms with Crippen molar-refractivity contribution in [3.05, 3.63) is 50.9 Å². The van der Waals surface area contributed by atoms with Gasteiger partial charge in [0.05, 0.1) is 29.7 Å². The molecular weight excluding hydrogens is 374 g/mol. The largest absolute Gasteiger partial charge is 0.488 e. The Kier molecular flexibility index (Phi) is 7.01. The quantitative estimate of drug-likeness (QED) is 0.464. The van der Waals surface area contributed by atoms with Gasteiger partial charge < -0.3 is 24.7 Å². The number of carbonyl (C=O) groups is 1. The lowest BCUT2D eigenvalue weighted by molar-refractivity contribution is -0.121. The average molecular weight is 396 g/mol. The van der Waals surface area contributed by atoms with Gasteiger partial charge in [-0.3, -0.25) is 4.79 Å². The summed E-state index contributed by atoms with van der Waals surface area (Å²) in [5, 5.41) is 21.4. The molecule has 0 aliphatic rings. The highest BCUT2D eigenvalue weighted by Gasteiger charge is 2.17. The van der Waals surface area contributed by atoms with Crippen LogP contribution in [-0.2, 0) is 11.2 Å². The molecule has 0 spiro atoms. The zero-order valence-corrected chi connectivity index (χ0v) is 15.9. The minimum atomic E-state index is -1.06. The van der Waals surface area contributed by atoms with Gasteiger partial charge in [-0.05, 0) is 31.1 Å². The number of hydrogen-bond donors (Lipinski definition) is 3. The van der Waals surface area contributed by atoms with E-state index in [1.54, 1.807) is 13.0 Å². The Morgan fingerprint density at radius 1 is 1.44 bits per heavy atom. The molecule has 146 valence electrons. The second-order valence-electron chi connectivity index (χ2n) is 6.33. The van der Waals surface area contributed by atoms with Crippen LogP contribution in [0.5, 0.6) is 5.75 Å². The van der Waals surface area contributed by atoms with E-state index in [2.05, 4.69) is 11.9 Å². The topological polar surface area (TPSA) is 109 Å². The first-order chi connectivity index (χ1) is 12.7. The highest BCUT2D eigenvalue weighted by atomic mass is 35.5. The van der Waals surface area contributed by atoms with Crippen molar-refractivity contribution in [3.8, 4) is 5.75 Å². The SMILES string of the molecule is C=C(C)COc1cc2oc(=O)c(CC(=O)NC[C@@H](O)CO)c(C)c2cc1Cl. The van der Waals surface area contributed by atoms with Crippen LogP contribution in [0.3, 0.4) is 0 Å². The molecule has 27 heavy (non-hydrogen) atoms. The summed E-state index contributed by atoms with van der Waals surface area (Å²) in [6.45, 7) is 6.98. The Morgan fingerprint density at radius 2 is 2.15 bits per heavy atom. The molecule has 1 amide bonds. The van der Waals surface area contributed by atoms with Gasteiger partial charge in [-0.15, -0.1) is 0 Å². The van der Waals surface area contributed by atoms with E-state index in [0.717, 1.165) is 5.57 Å². The minimum absolute atomic E-state index is 0.109. The number of amides is 1. The van der Waals surface area contributed by atoms with Gasteiger partial charge in [0.25, 0.3) is 0 Å². The van der Waals surface area contributed by atoms with E-state index in [9.17, 15) is 14.7 Å². The zero-order valence-electron chi connectivity index (χ0n) is 15.2. The molecule has 1 atom stereocenters. The van der Waals surface area contributed by atoms with E-state index in [-0.39, 0.29) is 25.1 Å². The lowest BCUT2D eigenvalue weighted by Gasteiger charge is -2.12. The molecule has 8 heteroatoms. The normalized spacial score (nSPS) is 12.0. The summed E-state index contributed by atoms with van der Waals surface area (Å²) in [7, 11) is 0. The first-order valence-electron chi connectivity index (χ1n) is 8.31. The van der Waals surface area contributed by atoms with Gasteiger partial charge in [0, 0.05) is 18.0 Å². The fourth-order valence-corrected chi connectivity index (χ4v) is 2.64. The van der Waals surface area contributed by atoms with Gasteiger partial charge in [0.1, 0.15) is 17.9 Å². The number of hydrogen-bond acceptors (Lipinski definition) is 6. The van der Waals surface area contributed by atoms with Gasteiger partial charge in [0.15, 0.2) is 0 Å². The number of aryl methyl sites for hydroxylation is 1. The number of fused-ring (bicyclic) bond motifs is 1. The molecule has 3 N–H and O–H groups in total. The molecule has 7 nitrogen and oxygen atoms in total. The zero-order chi connectivity index (χ0) is 20.1. The smallest absolute Gasteiger partial charge is 0.340 e. The standard InChI is InChI=1S/C19H22ClNO6/c1-10(2)9-26-17-6-16-13(4-15(17)20)11(3)14(19(25)27-16)5-18(24)21-7-12(23)8-22/h4,6,12,22-23H,1,5,7-9H2,2-3H3,(H,21,24)/t12-/m1/s1. The van der Waals surface area contributed by atoms with Crippen molar-refractivity contribution < 1.29 is 24.2 Å². The van der Waals surface area contributed by atoms with Gasteiger partial charge in [-0.1, -0.05) is 18.2 Å². The minimum Gasteiger partial charge on any atom is -0.488 e. The molecule has 1 aromatic carbocycles. The van der Waals surface area contributed by atoms with Crippen LogP contribution < -0.4 is 15.7 Å². The van der Waals surface area contributed by atoms with E-state index in [1.807, 2.05) is 6.92 Å². The maximum Gasteiger partial charge on any atom is 0.340 e. The molecule has 0 saturated heterocycles. The third-order valence-corrected chi connectivity index (χ3v) is 4.19. The van der Waals surface area contributed by atoms with Crippen LogP contribution in [0.25, 0.3) is 11.0 Å². The molecule has 1 aromatic heterocycles. The van der Waals surface area contributed by atoms with Gasteiger partial charge in [-0.2, -0.15) is 0 Å². The van der Waals surface area contributed by atoms with Crippen LogP contribution in [0, 0.1) is 6.92 Å². The Labute approximate surface area is 161 Å². The lowest BCUT2D eigenvalue weighted by Crippen LogP contribution is -2.35. The number of rotatable bonds is 8. The van der Waals surface area contributed by atoms with Crippen LogP contribution in [0.4, 0.5) is 0 Å². The Balaban J connectivity index is 2.32. The van der Waals surface area contributed by atoms with E-state index in [1.165, 1.54) is 6.07 Å². The molecule has 0 aliphatic heterocycles. The molecular formula is C19H22ClNO6. The van der Waals surface area contributed by atoms with Crippen LogP contribution in [-0.4, -0.2) is 42.0 Å². The van der Waals surface area contributed by atoms with Crippen molar-refractivity contribution in [3.63, 3.8) is 0 Å². The maximum absolute atomic E-state index is 12.3. The monoisotopic (exact) mass is 395 g/mol. The van der Waals surface area contributed by atoms with Gasteiger partial charge >= 0.3 is 5.63 Å². The van der Waals surface area contributed by atoms with Crippen LogP contribution in [0.1, 0.15) is 18.1 Å². The highest BCUT2D eigenvalue weighted by Crippen LogP contribution is 2.32. The number of benzene rings is 1. The second kappa shape index (κ2) is 9.03. The van der Waals surface area contributed by atoms with E-state index < -0.39 is 24.2 Å². The van der Waals surface area contributed by atoms with Crippen molar-refractivity contribution in [1.29, 1.82) is 0 Å². The summed E-state index contributed by atoms with van der Waals surface area (Å²) in [5.74, 6) is -0.0945. The van der Waals surface area contributed by atoms with E-state index in [0.29, 0.717) is 27.3 Å². The molecule has 0 saturated carbocycles.